The van der Waals surface area contributed by atoms with E-state index >= 15 is 0 Å². The zero-order chi connectivity index (χ0) is 19.3. The number of methoxy groups -OCH3 is 1. The van der Waals surface area contributed by atoms with Crippen molar-refractivity contribution in [3.8, 4) is 0 Å². The van der Waals surface area contributed by atoms with Gasteiger partial charge >= 0.3 is 5.97 Å². The van der Waals surface area contributed by atoms with E-state index in [0.717, 1.165) is 11.3 Å². The third kappa shape index (κ3) is 5.43. The average Bonchev–Trinajstić information content (AvgIpc) is 2.92. The molecule has 0 atom stereocenters. The highest BCUT2D eigenvalue weighted by Crippen LogP contribution is 2.33. The largest absolute Gasteiger partial charge is 0.469 e. The van der Waals surface area contributed by atoms with Crippen molar-refractivity contribution >= 4 is 32.7 Å². The van der Waals surface area contributed by atoms with Gasteiger partial charge in [-0.2, -0.15) is 0 Å². The summed E-state index contributed by atoms with van der Waals surface area (Å²) in [6, 6.07) is 4.55. The van der Waals surface area contributed by atoms with Gasteiger partial charge in [-0.15, -0.1) is 0 Å². The Morgan fingerprint density at radius 2 is 2.08 bits per heavy atom. The van der Waals surface area contributed by atoms with E-state index in [2.05, 4.69) is 28.5 Å². The van der Waals surface area contributed by atoms with Gasteiger partial charge in [0.1, 0.15) is 12.6 Å². The Hall–Kier alpha value is -2.13. The Balaban J connectivity index is 2.24. The number of aromatic nitrogens is 2. The molecule has 0 aliphatic rings. The monoisotopic (exact) mass is 383 g/mol. The Morgan fingerprint density at radius 1 is 1.35 bits per heavy atom. The minimum absolute atomic E-state index is 0.0149. The van der Waals surface area contributed by atoms with Gasteiger partial charge in [0.25, 0.3) is 5.69 Å². The molecule has 144 valence electrons. The fraction of sp³-hybridized carbons (Fsp3) is 0.529. The van der Waals surface area contributed by atoms with Crippen LogP contribution in [0.1, 0.15) is 12.2 Å². The number of esters is 1. The summed E-state index contributed by atoms with van der Waals surface area (Å²) in [4.78, 5) is 26.4. The Kier molecular flexibility index (Phi) is 6.60. The van der Waals surface area contributed by atoms with Gasteiger partial charge < -0.3 is 14.0 Å². The van der Waals surface area contributed by atoms with Crippen LogP contribution in [0, 0.1) is 10.1 Å². The van der Waals surface area contributed by atoms with Crippen molar-refractivity contribution in [2.75, 3.05) is 38.2 Å². The highest BCUT2D eigenvalue weighted by Gasteiger charge is 2.16. The zero-order valence-corrected chi connectivity index (χ0v) is 16.4. The van der Waals surface area contributed by atoms with E-state index in [-0.39, 0.29) is 18.1 Å². The van der Waals surface area contributed by atoms with Crippen LogP contribution in [0.3, 0.4) is 0 Å². The summed E-state index contributed by atoms with van der Waals surface area (Å²) in [6.07, 6.45) is 7.24. The molecule has 0 unspecified atom stereocenters. The minimum Gasteiger partial charge on any atom is -0.469 e. The first kappa shape index (κ1) is 20.2. The molecule has 9 heteroatoms. The molecule has 0 bridgehead atoms. The summed E-state index contributed by atoms with van der Waals surface area (Å²) in [5.41, 5.74) is 1.25. The van der Waals surface area contributed by atoms with Gasteiger partial charge in [0.2, 0.25) is 0 Å². The molecule has 1 aromatic heterocycles. The molecule has 0 spiro atoms. The summed E-state index contributed by atoms with van der Waals surface area (Å²) >= 11 is 0. The molecule has 0 saturated heterocycles. The molecule has 0 aliphatic heterocycles. The summed E-state index contributed by atoms with van der Waals surface area (Å²) in [5, 5.41) is 11.0. The number of nitro benzene ring substituents is 1. The van der Waals surface area contributed by atoms with E-state index in [9.17, 15) is 14.9 Å². The molecule has 0 fully saturated rings. The second kappa shape index (κ2) is 8.50. The lowest BCUT2D eigenvalue weighted by atomic mass is 10.3. The number of carbonyl (C=O) groups is 1. The molecule has 1 heterocycles. The summed E-state index contributed by atoms with van der Waals surface area (Å²) in [6.45, 7) is 0.919. The predicted octanol–water partition coefficient (Wildman–Crippen LogP) is 2.72. The van der Waals surface area contributed by atoms with E-state index in [0.29, 0.717) is 31.1 Å². The molecule has 2 rings (SSSR count). The average molecular weight is 383 g/mol. The number of benzene rings is 1. The molecule has 0 N–H and O–H groups in total. The van der Waals surface area contributed by atoms with Crippen LogP contribution in [0.25, 0.3) is 11.0 Å². The number of imidazole rings is 1. The maximum absolute atomic E-state index is 11.4. The topological polar surface area (TPSA) is 96.5 Å². The van der Waals surface area contributed by atoms with Crippen LogP contribution >= 0.6 is 10.0 Å². The molecular weight excluding hydrogens is 358 g/mol. The third-order valence-electron chi connectivity index (χ3n) is 3.86. The molecule has 0 aliphatic carbocycles. The van der Waals surface area contributed by atoms with Crippen molar-refractivity contribution in [1.29, 1.82) is 0 Å². The fourth-order valence-corrected chi connectivity index (χ4v) is 3.02. The van der Waals surface area contributed by atoms with Crippen LogP contribution in [0.5, 0.6) is 0 Å². The lowest BCUT2D eigenvalue weighted by Gasteiger charge is -2.24. The number of carbonyl (C=O) groups excluding carboxylic acids is 1. The second-order valence-corrected chi connectivity index (χ2v) is 11.4. The van der Waals surface area contributed by atoms with E-state index in [1.54, 1.807) is 6.07 Å². The smallest absolute Gasteiger partial charge is 0.305 e. The first-order valence-corrected chi connectivity index (χ1v) is 11.2. The number of hydrogen-bond acceptors (Lipinski definition) is 6. The van der Waals surface area contributed by atoms with Gasteiger partial charge in [-0.3, -0.25) is 14.9 Å². The molecule has 0 radical (unpaired) electrons. The molecule has 0 amide bonds. The number of non-ortho nitro benzene ring substituents is 1. The van der Waals surface area contributed by atoms with Gasteiger partial charge in [0.15, 0.2) is 0 Å². The molecule has 1 aromatic carbocycles. The Labute approximate surface area is 154 Å². The fourth-order valence-electron chi connectivity index (χ4n) is 2.40. The molecule has 0 saturated carbocycles. The number of fused-ring (bicyclic) bond motifs is 1. The molecule has 8 nitrogen and oxygen atoms in total. The highest BCUT2D eigenvalue weighted by molar-refractivity contribution is 8.32. The lowest BCUT2D eigenvalue weighted by molar-refractivity contribution is -0.384. The molecule has 2 aromatic rings. The minimum atomic E-state index is -0.644. The lowest BCUT2D eigenvalue weighted by Crippen LogP contribution is -2.13. The number of ether oxygens (including phenoxy) is 2. The number of nitro groups is 1. The van der Waals surface area contributed by atoms with Crippen LogP contribution in [0.4, 0.5) is 5.69 Å². The predicted molar refractivity (Wildman–Crippen MR) is 103 cm³/mol. The van der Waals surface area contributed by atoms with Crippen LogP contribution < -0.4 is 0 Å². The van der Waals surface area contributed by atoms with Crippen molar-refractivity contribution in [1.82, 2.24) is 9.55 Å². The SMILES string of the molecule is COC(=O)CCc1nc2cc([N+](=O)[O-])ccc2n1COCCS(C)(C)C. The first-order chi connectivity index (χ1) is 12.2. The van der Waals surface area contributed by atoms with E-state index in [1.807, 2.05) is 4.57 Å². The normalized spacial score (nSPS) is 12.3. The van der Waals surface area contributed by atoms with Gasteiger partial charge in [-0.25, -0.2) is 15.0 Å². The number of nitrogens with zero attached hydrogens (tertiary/aromatic N) is 3. The summed E-state index contributed by atoms with van der Waals surface area (Å²) in [7, 11) is 0.696. The van der Waals surface area contributed by atoms with Crippen molar-refractivity contribution in [3.05, 3.63) is 34.1 Å². The van der Waals surface area contributed by atoms with Gasteiger partial charge in [0, 0.05) is 24.3 Å². The Bertz CT molecular complexity index is 798. The standard InChI is InChI=1S/C17H25N3O5S/c1-24-17(21)8-7-16-18-14-11-13(20(22)23)5-6-15(14)19(16)12-25-9-10-26(2,3)4/h5-6,11H,7-10,12H2,1-4H3. The number of rotatable bonds is 9. The second-order valence-electron chi connectivity index (χ2n) is 6.79. The van der Waals surface area contributed by atoms with Crippen molar-refractivity contribution in [2.45, 2.75) is 19.6 Å². The Morgan fingerprint density at radius 3 is 2.69 bits per heavy atom. The molecule has 26 heavy (non-hydrogen) atoms. The van der Waals surface area contributed by atoms with Gasteiger partial charge in [0.05, 0.1) is 36.1 Å². The van der Waals surface area contributed by atoms with E-state index in [1.165, 1.54) is 19.2 Å². The number of aryl methyl sites for hydroxylation is 1. The third-order valence-corrected chi connectivity index (χ3v) is 5.25. The number of hydrogen-bond donors (Lipinski definition) is 0. The van der Waals surface area contributed by atoms with Crippen LogP contribution in [0.2, 0.25) is 0 Å². The van der Waals surface area contributed by atoms with Crippen LogP contribution in [-0.4, -0.2) is 58.7 Å². The van der Waals surface area contributed by atoms with Crippen molar-refractivity contribution < 1.29 is 19.2 Å². The van der Waals surface area contributed by atoms with Crippen LogP contribution in [-0.2, 0) is 27.4 Å². The van der Waals surface area contributed by atoms with E-state index in [4.69, 9.17) is 4.74 Å². The first-order valence-electron chi connectivity index (χ1n) is 8.15. The van der Waals surface area contributed by atoms with Gasteiger partial charge in [-0.05, 0) is 24.8 Å². The quantitative estimate of drug-likeness (QED) is 0.286. The highest BCUT2D eigenvalue weighted by atomic mass is 32.3. The van der Waals surface area contributed by atoms with E-state index < -0.39 is 15.0 Å². The molecular formula is C17H25N3O5S. The maximum Gasteiger partial charge on any atom is 0.305 e. The van der Waals surface area contributed by atoms with Crippen molar-refractivity contribution in [2.24, 2.45) is 0 Å². The zero-order valence-electron chi connectivity index (χ0n) is 15.6. The summed E-state index contributed by atoms with van der Waals surface area (Å²) < 4.78 is 12.3. The van der Waals surface area contributed by atoms with Crippen LogP contribution in [0.15, 0.2) is 18.2 Å². The summed E-state index contributed by atoms with van der Waals surface area (Å²) in [5.74, 6) is 1.31. The van der Waals surface area contributed by atoms with Crippen molar-refractivity contribution in [3.63, 3.8) is 0 Å². The maximum atomic E-state index is 11.4. The van der Waals surface area contributed by atoms with Gasteiger partial charge in [-0.1, -0.05) is 0 Å².